The Morgan fingerprint density at radius 1 is 1.10 bits per heavy atom. The second kappa shape index (κ2) is 5.37. The summed E-state index contributed by atoms with van der Waals surface area (Å²) in [7, 11) is 0. The third-order valence-corrected chi connectivity index (χ3v) is 3.60. The van der Waals surface area contributed by atoms with Crippen LogP contribution in [0.25, 0.3) is 0 Å². The van der Waals surface area contributed by atoms with Crippen molar-refractivity contribution >= 4 is 11.7 Å². The lowest BCUT2D eigenvalue weighted by molar-refractivity contribution is 0.282. The summed E-state index contributed by atoms with van der Waals surface area (Å²) in [5, 5.41) is 3.27. The Morgan fingerprint density at radius 2 is 1.90 bits per heavy atom. The Morgan fingerprint density at radius 3 is 2.70 bits per heavy atom. The summed E-state index contributed by atoms with van der Waals surface area (Å²) in [6.07, 6.45) is 0. The number of amidine groups is 1. The van der Waals surface area contributed by atoms with Crippen LogP contribution in [0.3, 0.4) is 0 Å². The van der Waals surface area contributed by atoms with Gasteiger partial charge in [0.25, 0.3) is 6.02 Å². The Hall–Kier alpha value is -2.29. The Labute approximate surface area is 119 Å². The molecule has 20 heavy (non-hydrogen) atoms. The van der Waals surface area contributed by atoms with Gasteiger partial charge in [0.1, 0.15) is 6.61 Å². The van der Waals surface area contributed by atoms with Crippen molar-refractivity contribution in [3.05, 3.63) is 65.2 Å². The second-order valence-electron chi connectivity index (χ2n) is 5.04. The lowest BCUT2D eigenvalue weighted by Gasteiger charge is -2.23. The van der Waals surface area contributed by atoms with Crippen molar-refractivity contribution in [3.8, 4) is 0 Å². The molecule has 1 aliphatic rings. The van der Waals surface area contributed by atoms with Crippen LogP contribution < -0.4 is 5.32 Å². The van der Waals surface area contributed by atoms with E-state index in [4.69, 9.17) is 4.74 Å². The van der Waals surface area contributed by atoms with Gasteiger partial charge in [-0.15, -0.1) is 0 Å². The maximum absolute atomic E-state index is 5.72. The molecule has 3 rings (SSSR count). The molecule has 0 saturated heterocycles. The van der Waals surface area contributed by atoms with Gasteiger partial charge in [0, 0.05) is 11.3 Å². The number of benzene rings is 2. The lowest BCUT2D eigenvalue weighted by atomic mass is 10.1. The summed E-state index contributed by atoms with van der Waals surface area (Å²) in [5.41, 5.74) is 4.72. The fourth-order valence-corrected chi connectivity index (χ4v) is 2.35. The summed E-state index contributed by atoms with van der Waals surface area (Å²) < 4.78 is 5.72. The number of rotatable bonds is 2. The van der Waals surface area contributed by atoms with Gasteiger partial charge in [0.15, 0.2) is 0 Å². The van der Waals surface area contributed by atoms with E-state index >= 15 is 0 Å². The number of anilines is 1. The molecule has 0 aliphatic carbocycles. The largest absolute Gasteiger partial charge is 0.460 e. The predicted molar refractivity (Wildman–Crippen MR) is 81.9 cm³/mol. The van der Waals surface area contributed by atoms with Gasteiger partial charge in [0.2, 0.25) is 0 Å². The molecule has 0 bridgehead atoms. The summed E-state index contributed by atoms with van der Waals surface area (Å²) in [4.78, 5) is 4.62. The van der Waals surface area contributed by atoms with Gasteiger partial charge in [-0.25, -0.2) is 4.99 Å². The highest BCUT2D eigenvalue weighted by molar-refractivity contribution is 5.91. The van der Waals surface area contributed by atoms with Gasteiger partial charge < -0.3 is 10.1 Å². The molecule has 102 valence electrons. The monoisotopic (exact) mass is 266 g/mol. The van der Waals surface area contributed by atoms with Crippen LogP contribution in [-0.2, 0) is 11.3 Å². The third kappa shape index (κ3) is 2.52. The highest BCUT2D eigenvalue weighted by Crippen LogP contribution is 2.25. The second-order valence-corrected chi connectivity index (χ2v) is 5.04. The van der Waals surface area contributed by atoms with E-state index in [-0.39, 0.29) is 6.04 Å². The van der Waals surface area contributed by atoms with E-state index in [1.54, 1.807) is 0 Å². The number of nitrogens with one attached hydrogen (secondary N) is 1. The fourth-order valence-electron chi connectivity index (χ4n) is 2.35. The first kappa shape index (κ1) is 12.7. The molecule has 0 spiro atoms. The molecule has 1 heterocycles. The van der Waals surface area contributed by atoms with E-state index in [1.807, 2.05) is 24.3 Å². The lowest BCUT2D eigenvalue weighted by Crippen LogP contribution is -2.23. The molecule has 2 aromatic rings. The maximum Gasteiger partial charge on any atom is 0.290 e. The molecule has 0 aromatic heterocycles. The number of ether oxygens (including phenoxy) is 1. The van der Waals surface area contributed by atoms with Gasteiger partial charge in [-0.2, -0.15) is 0 Å². The number of fused-ring (bicyclic) bond motifs is 1. The van der Waals surface area contributed by atoms with E-state index in [0.717, 1.165) is 5.69 Å². The van der Waals surface area contributed by atoms with Crippen molar-refractivity contribution in [3.63, 3.8) is 0 Å². The van der Waals surface area contributed by atoms with Gasteiger partial charge in [-0.3, -0.25) is 0 Å². The summed E-state index contributed by atoms with van der Waals surface area (Å²) in [6.45, 7) is 4.74. The van der Waals surface area contributed by atoms with Crippen molar-refractivity contribution in [1.82, 2.24) is 0 Å². The normalized spacial score (nSPS) is 17.0. The van der Waals surface area contributed by atoms with Crippen LogP contribution in [0.1, 0.15) is 29.7 Å². The standard InChI is InChI=1S/C17H18N2O/c1-12-7-6-10-16-15(12)11-20-17(19-16)18-13(2)14-8-4-3-5-9-14/h3-10,13H,11H2,1-2H3,(H,18,19)/t13-/m0/s1. The predicted octanol–water partition coefficient (Wildman–Crippen LogP) is 4.05. The molecule has 3 nitrogen and oxygen atoms in total. The minimum Gasteiger partial charge on any atom is -0.460 e. The number of aryl methyl sites for hydroxylation is 1. The summed E-state index contributed by atoms with van der Waals surface area (Å²) in [5.74, 6) is 0. The maximum atomic E-state index is 5.72. The zero-order valence-corrected chi connectivity index (χ0v) is 11.8. The summed E-state index contributed by atoms with van der Waals surface area (Å²) >= 11 is 0. The minimum atomic E-state index is 0.0741. The number of aliphatic imine (C=N–C) groups is 1. The van der Waals surface area contributed by atoms with Crippen molar-refractivity contribution in [2.75, 3.05) is 5.32 Å². The molecule has 0 fully saturated rings. The van der Waals surface area contributed by atoms with E-state index in [9.17, 15) is 0 Å². The molecule has 3 heteroatoms. The minimum absolute atomic E-state index is 0.0741. The highest BCUT2D eigenvalue weighted by Gasteiger charge is 2.16. The molecular formula is C17H18N2O. The molecule has 2 aromatic carbocycles. The zero-order chi connectivity index (χ0) is 13.9. The first-order valence-corrected chi connectivity index (χ1v) is 6.85. The van der Waals surface area contributed by atoms with Crippen LogP contribution in [0.5, 0.6) is 0 Å². The topological polar surface area (TPSA) is 33.6 Å². The van der Waals surface area contributed by atoms with Crippen LogP contribution in [-0.4, -0.2) is 6.02 Å². The Balaban J connectivity index is 1.82. The van der Waals surface area contributed by atoms with E-state index < -0.39 is 0 Å². The average Bonchev–Trinajstić information content (AvgIpc) is 2.48. The first-order valence-electron chi connectivity index (χ1n) is 6.85. The van der Waals surface area contributed by atoms with Crippen LogP contribution in [0.4, 0.5) is 5.69 Å². The molecule has 1 aliphatic heterocycles. The smallest absolute Gasteiger partial charge is 0.290 e. The van der Waals surface area contributed by atoms with Gasteiger partial charge >= 0.3 is 0 Å². The van der Waals surface area contributed by atoms with Crippen LogP contribution in [0.2, 0.25) is 0 Å². The summed E-state index contributed by atoms with van der Waals surface area (Å²) in [6, 6.07) is 17.1. The van der Waals surface area contributed by atoms with Crippen molar-refractivity contribution in [2.45, 2.75) is 26.5 Å². The number of hydrogen-bond donors (Lipinski definition) is 1. The van der Waals surface area contributed by atoms with Crippen LogP contribution in [0.15, 0.2) is 53.5 Å². The van der Waals surface area contributed by atoms with Crippen LogP contribution in [0, 0.1) is 6.92 Å². The number of nitrogens with zero attached hydrogens (tertiary/aromatic N) is 1. The van der Waals surface area contributed by atoms with E-state index in [2.05, 4.69) is 48.4 Å². The van der Waals surface area contributed by atoms with E-state index in [0.29, 0.717) is 12.6 Å². The molecule has 1 N–H and O–H groups in total. The molecule has 0 unspecified atom stereocenters. The van der Waals surface area contributed by atoms with Gasteiger partial charge in [0.05, 0.1) is 6.04 Å². The van der Waals surface area contributed by atoms with Gasteiger partial charge in [-0.1, -0.05) is 42.5 Å². The number of hydrogen-bond acceptors (Lipinski definition) is 2. The van der Waals surface area contributed by atoms with Crippen LogP contribution >= 0.6 is 0 Å². The Kier molecular flexibility index (Phi) is 3.42. The fraction of sp³-hybridized carbons (Fsp3) is 0.235. The Bertz CT molecular complexity index is 635. The average molecular weight is 266 g/mol. The molecule has 0 saturated carbocycles. The molecule has 0 radical (unpaired) electrons. The third-order valence-electron chi connectivity index (χ3n) is 3.60. The van der Waals surface area contributed by atoms with Crippen molar-refractivity contribution < 1.29 is 4.74 Å². The zero-order valence-electron chi connectivity index (χ0n) is 11.8. The SMILES string of the molecule is Cc1cccc2c1COC(=N[C@@H](C)c1ccccc1)N2. The molecule has 1 atom stereocenters. The molecule has 0 amide bonds. The molecular weight excluding hydrogens is 248 g/mol. The van der Waals surface area contributed by atoms with E-state index in [1.165, 1.54) is 16.7 Å². The highest BCUT2D eigenvalue weighted by atomic mass is 16.5. The quantitative estimate of drug-likeness (QED) is 0.889. The van der Waals surface area contributed by atoms with Crippen molar-refractivity contribution in [2.24, 2.45) is 4.99 Å². The first-order chi connectivity index (χ1) is 9.74. The van der Waals surface area contributed by atoms with Crippen molar-refractivity contribution in [1.29, 1.82) is 0 Å². The van der Waals surface area contributed by atoms with Gasteiger partial charge in [-0.05, 0) is 31.0 Å².